The van der Waals surface area contributed by atoms with Crippen LogP contribution in [-0.4, -0.2) is 19.9 Å². The molecule has 0 saturated heterocycles. The van der Waals surface area contributed by atoms with Crippen molar-refractivity contribution in [2.45, 2.75) is 19.9 Å². The van der Waals surface area contributed by atoms with Gasteiger partial charge in [0.1, 0.15) is 0 Å². The number of benzene rings is 1. The zero-order valence-corrected chi connectivity index (χ0v) is 16.2. The molecule has 0 aliphatic carbocycles. The molecule has 1 atom stereocenters. The second kappa shape index (κ2) is 7.40. The Morgan fingerprint density at radius 2 is 1.96 bits per heavy atom. The predicted octanol–water partition coefficient (Wildman–Crippen LogP) is 4.52. The maximum absolute atomic E-state index is 12.5. The highest BCUT2D eigenvalue weighted by Crippen LogP contribution is 2.23. The summed E-state index contributed by atoms with van der Waals surface area (Å²) in [6.45, 7) is 3.83. The van der Waals surface area contributed by atoms with Crippen LogP contribution >= 0.6 is 11.6 Å². The number of aromatic nitrogens is 4. The summed E-state index contributed by atoms with van der Waals surface area (Å²) in [5, 5.41) is 4.70. The van der Waals surface area contributed by atoms with E-state index in [4.69, 9.17) is 11.6 Å². The van der Waals surface area contributed by atoms with Gasteiger partial charge in [-0.3, -0.25) is 9.78 Å². The van der Waals surface area contributed by atoms with Crippen LogP contribution in [0.5, 0.6) is 0 Å². The average molecular weight is 392 g/mol. The summed E-state index contributed by atoms with van der Waals surface area (Å²) < 4.78 is 0. The number of aryl methyl sites for hydroxylation is 1. The molecule has 140 valence electrons. The standard InChI is InChI=1S/C21H18ClN5O/c1-12-16(4-3-8-23-12)19-7-9-24-21(27-19)25-13(2)17-11-14-10-15(22)5-6-18(14)26-20(17)28/h3-11,13H,1-2H3,(H,26,28)(H,24,25,27)/t13-/m0/s1. The van der Waals surface area contributed by atoms with Crippen molar-refractivity contribution in [1.29, 1.82) is 0 Å². The summed E-state index contributed by atoms with van der Waals surface area (Å²) in [7, 11) is 0. The fourth-order valence-corrected chi connectivity index (χ4v) is 3.30. The third-order valence-corrected chi connectivity index (χ3v) is 4.82. The summed E-state index contributed by atoms with van der Waals surface area (Å²) in [5.41, 5.74) is 3.78. The van der Waals surface area contributed by atoms with Gasteiger partial charge in [0, 0.05) is 45.1 Å². The van der Waals surface area contributed by atoms with Crippen molar-refractivity contribution < 1.29 is 0 Å². The van der Waals surface area contributed by atoms with E-state index in [0.717, 1.165) is 27.9 Å². The first-order chi connectivity index (χ1) is 13.5. The molecular weight excluding hydrogens is 374 g/mol. The molecule has 2 N–H and O–H groups in total. The van der Waals surface area contributed by atoms with Gasteiger partial charge in [-0.25, -0.2) is 9.97 Å². The molecule has 0 fully saturated rings. The number of rotatable bonds is 4. The zero-order chi connectivity index (χ0) is 19.7. The first-order valence-corrected chi connectivity index (χ1v) is 9.23. The van der Waals surface area contributed by atoms with E-state index in [1.807, 2.05) is 44.2 Å². The molecular formula is C21H18ClN5O. The van der Waals surface area contributed by atoms with Crippen molar-refractivity contribution in [2.24, 2.45) is 0 Å². The van der Waals surface area contributed by atoms with Crippen molar-refractivity contribution in [3.63, 3.8) is 0 Å². The Balaban J connectivity index is 1.66. The van der Waals surface area contributed by atoms with Crippen LogP contribution in [0.3, 0.4) is 0 Å². The number of pyridine rings is 2. The van der Waals surface area contributed by atoms with E-state index in [-0.39, 0.29) is 11.6 Å². The largest absolute Gasteiger partial charge is 0.347 e. The van der Waals surface area contributed by atoms with Crippen molar-refractivity contribution in [3.05, 3.63) is 81.5 Å². The molecule has 0 aliphatic rings. The topological polar surface area (TPSA) is 83.6 Å². The lowest BCUT2D eigenvalue weighted by Crippen LogP contribution is -2.20. The van der Waals surface area contributed by atoms with Gasteiger partial charge in [0.15, 0.2) is 0 Å². The smallest absolute Gasteiger partial charge is 0.253 e. The van der Waals surface area contributed by atoms with Gasteiger partial charge in [0.2, 0.25) is 5.95 Å². The molecule has 0 saturated carbocycles. The van der Waals surface area contributed by atoms with Gasteiger partial charge in [0.05, 0.1) is 11.7 Å². The van der Waals surface area contributed by atoms with Crippen molar-refractivity contribution in [2.75, 3.05) is 5.32 Å². The first-order valence-electron chi connectivity index (χ1n) is 8.85. The highest BCUT2D eigenvalue weighted by molar-refractivity contribution is 6.31. The molecule has 6 nitrogen and oxygen atoms in total. The number of nitrogens with one attached hydrogen (secondary N) is 2. The number of hydrogen-bond acceptors (Lipinski definition) is 5. The number of halogens is 1. The molecule has 0 spiro atoms. The Morgan fingerprint density at radius 3 is 2.79 bits per heavy atom. The summed E-state index contributed by atoms with van der Waals surface area (Å²) in [6, 6.07) is 12.6. The van der Waals surface area contributed by atoms with Crippen LogP contribution in [0.25, 0.3) is 22.2 Å². The number of nitrogens with zero attached hydrogens (tertiary/aromatic N) is 3. The Kier molecular flexibility index (Phi) is 4.79. The number of anilines is 1. The lowest BCUT2D eigenvalue weighted by Gasteiger charge is -2.15. The minimum atomic E-state index is -0.294. The SMILES string of the molecule is Cc1ncccc1-c1ccnc(N[C@@H](C)c2cc3cc(Cl)ccc3[nH]c2=O)n1. The Morgan fingerprint density at radius 1 is 1.11 bits per heavy atom. The molecule has 0 radical (unpaired) electrons. The molecule has 1 aromatic carbocycles. The Bertz CT molecular complexity index is 1220. The van der Waals surface area contributed by atoms with E-state index < -0.39 is 0 Å². The molecule has 28 heavy (non-hydrogen) atoms. The van der Waals surface area contributed by atoms with Crippen LogP contribution in [0.1, 0.15) is 24.2 Å². The van der Waals surface area contributed by atoms with Crippen molar-refractivity contribution >= 4 is 28.5 Å². The monoisotopic (exact) mass is 391 g/mol. The van der Waals surface area contributed by atoms with Gasteiger partial charge < -0.3 is 10.3 Å². The summed E-state index contributed by atoms with van der Waals surface area (Å²) >= 11 is 6.08. The molecule has 7 heteroatoms. The lowest BCUT2D eigenvalue weighted by molar-refractivity contribution is 0.845. The highest BCUT2D eigenvalue weighted by Gasteiger charge is 2.13. The first kappa shape index (κ1) is 18.1. The van der Waals surface area contributed by atoms with E-state index in [0.29, 0.717) is 16.5 Å². The van der Waals surface area contributed by atoms with E-state index in [1.54, 1.807) is 24.5 Å². The summed E-state index contributed by atoms with van der Waals surface area (Å²) in [5.74, 6) is 0.443. The fourth-order valence-electron chi connectivity index (χ4n) is 3.12. The molecule has 4 rings (SSSR count). The van der Waals surface area contributed by atoms with Crippen LogP contribution in [0.15, 0.2) is 59.7 Å². The van der Waals surface area contributed by atoms with E-state index in [9.17, 15) is 4.79 Å². The molecule has 0 bridgehead atoms. The summed E-state index contributed by atoms with van der Waals surface area (Å²) in [6.07, 6.45) is 3.44. The number of fused-ring (bicyclic) bond motifs is 1. The van der Waals surface area contributed by atoms with Gasteiger partial charge in [0.25, 0.3) is 5.56 Å². The number of H-pyrrole nitrogens is 1. The maximum atomic E-state index is 12.5. The minimum Gasteiger partial charge on any atom is -0.347 e. The molecule has 3 heterocycles. The Labute approximate surface area is 166 Å². The molecule has 4 aromatic rings. The van der Waals surface area contributed by atoms with Crippen LogP contribution in [0, 0.1) is 6.92 Å². The van der Waals surface area contributed by atoms with Gasteiger partial charge in [-0.2, -0.15) is 0 Å². The summed E-state index contributed by atoms with van der Waals surface area (Å²) in [4.78, 5) is 28.6. The Hall–Kier alpha value is -3.25. The lowest BCUT2D eigenvalue weighted by atomic mass is 10.1. The van der Waals surface area contributed by atoms with Crippen LogP contribution in [-0.2, 0) is 0 Å². The van der Waals surface area contributed by atoms with Gasteiger partial charge in [-0.15, -0.1) is 0 Å². The third kappa shape index (κ3) is 3.59. The third-order valence-electron chi connectivity index (χ3n) is 4.59. The fraction of sp³-hybridized carbons (Fsp3) is 0.143. The maximum Gasteiger partial charge on any atom is 0.253 e. The quantitative estimate of drug-likeness (QED) is 0.534. The van der Waals surface area contributed by atoms with Crippen LogP contribution < -0.4 is 10.9 Å². The van der Waals surface area contributed by atoms with E-state index in [2.05, 4.69) is 25.3 Å². The van der Waals surface area contributed by atoms with Crippen molar-refractivity contribution in [3.8, 4) is 11.3 Å². The predicted molar refractivity (Wildman–Crippen MR) is 112 cm³/mol. The molecule has 3 aromatic heterocycles. The second-order valence-electron chi connectivity index (χ2n) is 6.55. The van der Waals surface area contributed by atoms with Gasteiger partial charge >= 0.3 is 0 Å². The molecule has 0 amide bonds. The molecule has 0 aliphatic heterocycles. The van der Waals surface area contributed by atoms with Gasteiger partial charge in [-0.05, 0) is 56.3 Å². The highest BCUT2D eigenvalue weighted by atomic mass is 35.5. The zero-order valence-electron chi connectivity index (χ0n) is 15.4. The van der Waals surface area contributed by atoms with Crippen molar-refractivity contribution in [1.82, 2.24) is 19.9 Å². The van der Waals surface area contributed by atoms with E-state index >= 15 is 0 Å². The van der Waals surface area contributed by atoms with Crippen LogP contribution in [0.2, 0.25) is 5.02 Å². The molecule has 0 unspecified atom stereocenters. The number of hydrogen-bond donors (Lipinski definition) is 2. The average Bonchev–Trinajstić information content (AvgIpc) is 2.68. The second-order valence-corrected chi connectivity index (χ2v) is 6.99. The van der Waals surface area contributed by atoms with Crippen LogP contribution in [0.4, 0.5) is 5.95 Å². The minimum absolute atomic E-state index is 0.158. The van der Waals surface area contributed by atoms with E-state index in [1.165, 1.54) is 0 Å². The number of aromatic amines is 1. The normalized spacial score (nSPS) is 12.1. The van der Waals surface area contributed by atoms with Gasteiger partial charge in [-0.1, -0.05) is 11.6 Å².